The van der Waals surface area contributed by atoms with Crippen LogP contribution in [0.1, 0.15) is 5.56 Å². The molecule has 0 radical (unpaired) electrons. The molecule has 146 valence electrons. The molecule has 0 fully saturated rings. The van der Waals surface area contributed by atoms with Crippen molar-refractivity contribution in [3.05, 3.63) is 45.1 Å². The molecular weight excluding hydrogens is 395 g/mol. The fraction of sp³-hybridized carbons (Fsp3) is 0.353. The summed E-state index contributed by atoms with van der Waals surface area (Å²) in [4.78, 5) is 39.7. The fourth-order valence-corrected chi connectivity index (χ4v) is 2.88. The van der Waals surface area contributed by atoms with Crippen LogP contribution in [0.25, 0.3) is 0 Å². The van der Waals surface area contributed by atoms with E-state index in [2.05, 4.69) is 0 Å². The van der Waals surface area contributed by atoms with Crippen LogP contribution in [0.3, 0.4) is 0 Å². The van der Waals surface area contributed by atoms with Crippen molar-refractivity contribution < 1.29 is 19.5 Å². The maximum Gasteiger partial charge on any atom is 0.314 e. The third-order valence-corrected chi connectivity index (χ3v) is 4.95. The van der Waals surface area contributed by atoms with Crippen molar-refractivity contribution in [2.75, 3.05) is 33.7 Å². The molecule has 4 amide bonds. The minimum absolute atomic E-state index is 0.00397. The Morgan fingerprint density at radius 1 is 1.22 bits per heavy atom. The quantitative estimate of drug-likeness (QED) is 0.736. The molecule has 1 aromatic carbocycles. The molecule has 10 heteroatoms. The van der Waals surface area contributed by atoms with Gasteiger partial charge in [-0.2, -0.15) is 0 Å². The maximum atomic E-state index is 12.6. The molecule has 8 nitrogen and oxygen atoms in total. The topological polar surface area (TPSA) is 107 Å². The zero-order valence-electron chi connectivity index (χ0n) is 14.9. The molecule has 0 saturated carbocycles. The standard InChI is InChI=1S/C17H20Cl2N4O4/c1-21(17(20)27)5-6-23-9-11(14(24)16(23)26)15(25)22(2)8-10-3-4-12(18)13(19)7-10/h3-4,7,24H,5-6,8-9H2,1-2H3,(H2,20,27). The number of primary amides is 1. The molecule has 1 aliphatic heterocycles. The molecular formula is C17H20Cl2N4O4. The SMILES string of the molecule is CN(CCN1CC(C(=O)N(C)Cc2ccc(Cl)c(Cl)c2)=C(O)C1=O)C(N)=O. The number of likely N-dealkylation sites (N-methyl/N-ethyl adjacent to an activating group) is 2. The van der Waals surface area contributed by atoms with Gasteiger partial charge in [0.15, 0.2) is 5.76 Å². The number of benzene rings is 1. The van der Waals surface area contributed by atoms with E-state index in [1.165, 1.54) is 21.7 Å². The Morgan fingerprint density at radius 3 is 2.48 bits per heavy atom. The normalized spacial score (nSPS) is 13.9. The molecule has 0 saturated heterocycles. The lowest BCUT2D eigenvalue weighted by Crippen LogP contribution is -2.40. The van der Waals surface area contributed by atoms with Crippen molar-refractivity contribution >= 4 is 41.0 Å². The molecule has 27 heavy (non-hydrogen) atoms. The zero-order chi connectivity index (χ0) is 20.3. The number of carbonyl (C=O) groups is 3. The van der Waals surface area contributed by atoms with E-state index in [9.17, 15) is 19.5 Å². The Bertz CT molecular complexity index is 812. The molecule has 0 aliphatic carbocycles. The molecule has 1 aliphatic rings. The summed E-state index contributed by atoms with van der Waals surface area (Å²) in [6.07, 6.45) is 0. The Hall–Kier alpha value is -2.45. The first-order valence-electron chi connectivity index (χ1n) is 8.03. The minimum Gasteiger partial charge on any atom is -0.503 e. The van der Waals surface area contributed by atoms with Gasteiger partial charge in [0.2, 0.25) is 0 Å². The molecule has 0 unspecified atom stereocenters. The van der Waals surface area contributed by atoms with Gasteiger partial charge in [-0.05, 0) is 17.7 Å². The molecule has 3 N–H and O–H groups in total. The predicted octanol–water partition coefficient (Wildman–Crippen LogP) is 1.62. The second-order valence-electron chi connectivity index (χ2n) is 6.22. The number of hydrogen-bond donors (Lipinski definition) is 2. The van der Waals surface area contributed by atoms with Gasteiger partial charge < -0.3 is 25.5 Å². The van der Waals surface area contributed by atoms with Gasteiger partial charge in [-0.25, -0.2) is 4.79 Å². The van der Waals surface area contributed by atoms with Crippen molar-refractivity contribution in [1.82, 2.24) is 14.7 Å². The van der Waals surface area contributed by atoms with E-state index in [1.807, 2.05) is 0 Å². The van der Waals surface area contributed by atoms with Crippen LogP contribution in [0.4, 0.5) is 4.79 Å². The summed E-state index contributed by atoms with van der Waals surface area (Å²) in [6, 6.07) is 4.38. The average Bonchev–Trinajstić information content (AvgIpc) is 2.90. The molecule has 2 rings (SSSR count). The number of aliphatic hydroxyl groups excluding tert-OH is 1. The first-order valence-corrected chi connectivity index (χ1v) is 8.78. The largest absolute Gasteiger partial charge is 0.503 e. The van der Waals surface area contributed by atoms with Gasteiger partial charge >= 0.3 is 6.03 Å². The maximum absolute atomic E-state index is 12.6. The Morgan fingerprint density at radius 2 is 1.89 bits per heavy atom. The molecule has 0 aromatic heterocycles. The summed E-state index contributed by atoms with van der Waals surface area (Å²) >= 11 is 11.9. The zero-order valence-corrected chi connectivity index (χ0v) is 16.4. The summed E-state index contributed by atoms with van der Waals surface area (Å²) in [5.74, 6) is -1.71. The number of hydrogen-bond acceptors (Lipinski definition) is 4. The average molecular weight is 415 g/mol. The lowest BCUT2D eigenvalue weighted by molar-refractivity contribution is -0.128. The van der Waals surface area contributed by atoms with Gasteiger partial charge in [0.1, 0.15) is 0 Å². The fourth-order valence-electron chi connectivity index (χ4n) is 2.56. The van der Waals surface area contributed by atoms with E-state index >= 15 is 0 Å². The van der Waals surface area contributed by atoms with Crippen LogP contribution in [0.2, 0.25) is 10.0 Å². The van der Waals surface area contributed by atoms with Crippen LogP contribution >= 0.6 is 23.2 Å². The molecule has 1 heterocycles. The lowest BCUT2D eigenvalue weighted by atomic mass is 10.2. The Kier molecular flexibility index (Phi) is 6.56. The van der Waals surface area contributed by atoms with Gasteiger partial charge in [0.25, 0.3) is 11.8 Å². The number of nitrogens with two attached hydrogens (primary N) is 1. The predicted molar refractivity (Wildman–Crippen MR) is 101 cm³/mol. The van der Waals surface area contributed by atoms with E-state index in [1.54, 1.807) is 25.2 Å². The molecule has 0 atom stereocenters. The van der Waals surface area contributed by atoms with Gasteiger partial charge in [-0.15, -0.1) is 0 Å². The smallest absolute Gasteiger partial charge is 0.314 e. The highest BCUT2D eigenvalue weighted by Crippen LogP contribution is 2.24. The summed E-state index contributed by atoms with van der Waals surface area (Å²) in [5.41, 5.74) is 5.89. The summed E-state index contributed by atoms with van der Waals surface area (Å²) in [5, 5.41) is 10.8. The first-order chi connectivity index (χ1) is 12.6. The third-order valence-electron chi connectivity index (χ3n) is 4.21. The van der Waals surface area contributed by atoms with Crippen LogP contribution in [0, 0.1) is 0 Å². The van der Waals surface area contributed by atoms with Gasteiger partial charge in [0, 0.05) is 33.7 Å². The highest BCUT2D eigenvalue weighted by molar-refractivity contribution is 6.42. The van der Waals surface area contributed by atoms with Gasteiger partial charge in [-0.3, -0.25) is 9.59 Å². The number of amides is 4. The molecule has 0 bridgehead atoms. The van der Waals surface area contributed by atoms with E-state index in [0.717, 1.165) is 5.56 Å². The highest BCUT2D eigenvalue weighted by atomic mass is 35.5. The van der Waals surface area contributed by atoms with Gasteiger partial charge in [-0.1, -0.05) is 29.3 Å². The van der Waals surface area contributed by atoms with E-state index < -0.39 is 23.6 Å². The van der Waals surface area contributed by atoms with Crippen molar-refractivity contribution in [2.24, 2.45) is 5.73 Å². The van der Waals surface area contributed by atoms with E-state index in [4.69, 9.17) is 28.9 Å². The van der Waals surface area contributed by atoms with Gasteiger partial charge in [0.05, 0.1) is 22.2 Å². The van der Waals surface area contributed by atoms with Crippen LogP contribution in [-0.4, -0.2) is 71.4 Å². The van der Waals surface area contributed by atoms with E-state index in [-0.39, 0.29) is 31.8 Å². The summed E-state index contributed by atoms with van der Waals surface area (Å²) < 4.78 is 0. The lowest BCUT2D eigenvalue weighted by Gasteiger charge is -2.21. The van der Waals surface area contributed by atoms with Crippen molar-refractivity contribution in [3.8, 4) is 0 Å². The van der Waals surface area contributed by atoms with Crippen LogP contribution < -0.4 is 5.73 Å². The Balaban J connectivity index is 2.03. The van der Waals surface area contributed by atoms with Crippen molar-refractivity contribution in [1.29, 1.82) is 0 Å². The molecule has 1 aromatic rings. The second kappa shape index (κ2) is 8.49. The van der Waals surface area contributed by atoms with Crippen LogP contribution in [0.5, 0.6) is 0 Å². The highest BCUT2D eigenvalue weighted by Gasteiger charge is 2.35. The Labute approximate surface area is 166 Å². The number of halogens is 2. The van der Waals surface area contributed by atoms with Crippen LogP contribution in [0.15, 0.2) is 29.5 Å². The summed E-state index contributed by atoms with van der Waals surface area (Å²) in [7, 11) is 3.05. The van der Waals surface area contributed by atoms with Crippen molar-refractivity contribution in [2.45, 2.75) is 6.54 Å². The number of urea groups is 1. The number of aliphatic hydroxyl groups is 1. The van der Waals surface area contributed by atoms with Crippen molar-refractivity contribution in [3.63, 3.8) is 0 Å². The number of carbonyl (C=O) groups excluding carboxylic acids is 3. The van der Waals surface area contributed by atoms with E-state index in [0.29, 0.717) is 10.0 Å². The number of rotatable bonds is 6. The monoisotopic (exact) mass is 414 g/mol. The first kappa shape index (κ1) is 20.9. The number of nitrogens with zero attached hydrogens (tertiary/aromatic N) is 3. The minimum atomic E-state index is -0.654. The third kappa shape index (κ3) is 4.84. The van der Waals surface area contributed by atoms with Crippen LogP contribution in [-0.2, 0) is 16.1 Å². The summed E-state index contributed by atoms with van der Waals surface area (Å²) in [6.45, 7) is 0.525. The second-order valence-corrected chi connectivity index (χ2v) is 7.04. The molecule has 0 spiro atoms.